The maximum Gasteiger partial charge on any atom is 0.328 e. The fourth-order valence-corrected chi connectivity index (χ4v) is 5.75. The number of pyridine rings is 1. The minimum Gasteiger partial charge on any atom is -0.374 e. The van der Waals surface area contributed by atoms with Crippen molar-refractivity contribution in [3.63, 3.8) is 0 Å². The average molecular weight is 468 g/mol. The number of nitrogens with one attached hydrogen (secondary N) is 2. The zero-order chi connectivity index (χ0) is 22.9. The molecule has 0 aliphatic carbocycles. The van der Waals surface area contributed by atoms with Gasteiger partial charge in [0.1, 0.15) is 10.7 Å². The van der Waals surface area contributed by atoms with Crippen LogP contribution in [0.3, 0.4) is 0 Å². The Bertz CT molecular complexity index is 1320. The van der Waals surface area contributed by atoms with E-state index in [4.69, 9.17) is 20.9 Å². The third kappa shape index (κ3) is 2.67. The van der Waals surface area contributed by atoms with Crippen molar-refractivity contribution in [1.82, 2.24) is 20.8 Å². The van der Waals surface area contributed by atoms with E-state index in [1.807, 2.05) is 17.9 Å². The number of amides is 4. The summed E-state index contributed by atoms with van der Waals surface area (Å²) in [5, 5.41) is 9.80. The van der Waals surface area contributed by atoms with E-state index in [0.29, 0.717) is 46.1 Å². The Hall–Kier alpha value is -3.50. The summed E-state index contributed by atoms with van der Waals surface area (Å²) in [6, 6.07) is 3.98. The van der Waals surface area contributed by atoms with Crippen LogP contribution >= 0.6 is 11.6 Å². The van der Waals surface area contributed by atoms with Crippen molar-refractivity contribution in [3.05, 3.63) is 41.2 Å². The summed E-state index contributed by atoms with van der Waals surface area (Å²) < 4.78 is 11.5. The molecule has 11 heteroatoms. The van der Waals surface area contributed by atoms with Crippen LogP contribution in [0.4, 0.5) is 10.5 Å². The van der Waals surface area contributed by atoms with Gasteiger partial charge in [-0.2, -0.15) is 0 Å². The Morgan fingerprint density at radius 2 is 1.91 bits per heavy atom. The Labute approximate surface area is 192 Å². The minimum atomic E-state index is -1.56. The number of barbiturate groups is 1. The van der Waals surface area contributed by atoms with E-state index in [1.54, 1.807) is 24.5 Å². The highest BCUT2D eigenvalue weighted by Gasteiger charge is 2.62. The predicted octanol–water partition coefficient (Wildman–Crippen LogP) is 2.05. The molecule has 5 heterocycles. The number of imide groups is 2. The first-order valence-electron chi connectivity index (χ1n) is 10.5. The molecule has 3 aliphatic rings. The zero-order valence-corrected chi connectivity index (χ0v) is 18.2. The molecule has 4 amide bonds. The van der Waals surface area contributed by atoms with Crippen LogP contribution in [0.15, 0.2) is 35.1 Å². The van der Waals surface area contributed by atoms with Crippen molar-refractivity contribution in [3.8, 4) is 11.3 Å². The SMILES string of the molecule is C[C@@H]1OCCN2c3c(cc4c(-c5ccncc5)noc4c3Cl)CC3(C(=O)NC(=O)NC3=O)[C@@H]12. The highest BCUT2D eigenvalue weighted by molar-refractivity contribution is 6.38. The summed E-state index contributed by atoms with van der Waals surface area (Å²) in [5.41, 5.74) is 1.61. The number of nitrogens with zero attached hydrogens (tertiary/aromatic N) is 3. The second kappa shape index (κ2) is 7.00. The van der Waals surface area contributed by atoms with Crippen LogP contribution in [0.2, 0.25) is 5.02 Å². The van der Waals surface area contributed by atoms with Gasteiger partial charge in [-0.25, -0.2) is 4.79 Å². The normalized spacial score (nSPS) is 23.8. The molecule has 0 unspecified atom stereocenters. The number of carbonyl (C=O) groups is 3. The number of urea groups is 1. The molecule has 33 heavy (non-hydrogen) atoms. The monoisotopic (exact) mass is 467 g/mol. The lowest BCUT2D eigenvalue weighted by atomic mass is 9.66. The second-order valence-electron chi connectivity index (χ2n) is 8.44. The molecule has 2 N–H and O–H groups in total. The van der Waals surface area contributed by atoms with Gasteiger partial charge in [0.05, 0.1) is 29.8 Å². The topological polar surface area (TPSA) is 127 Å². The van der Waals surface area contributed by atoms with Crippen molar-refractivity contribution in [2.75, 3.05) is 18.1 Å². The number of fused-ring (bicyclic) bond motifs is 5. The summed E-state index contributed by atoms with van der Waals surface area (Å²) in [6.07, 6.45) is 2.88. The molecule has 2 aromatic heterocycles. The van der Waals surface area contributed by atoms with Crippen molar-refractivity contribution in [1.29, 1.82) is 0 Å². The number of rotatable bonds is 1. The Morgan fingerprint density at radius 1 is 1.18 bits per heavy atom. The molecule has 0 bridgehead atoms. The van der Waals surface area contributed by atoms with Crippen molar-refractivity contribution in [2.45, 2.75) is 25.5 Å². The Kier molecular flexibility index (Phi) is 4.27. The lowest BCUT2D eigenvalue weighted by molar-refractivity contribution is -0.151. The van der Waals surface area contributed by atoms with Gasteiger partial charge in [-0.15, -0.1) is 0 Å². The number of morpholine rings is 1. The van der Waals surface area contributed by atoms with Crippen LogP contribution in [0.5, 0.6) is 0 Å². The third-order valence-electron chi connectivity index (χ3n) is 6.73. The zero-order valence-electron chi connectivity index (χ0n) is 17.4. The van der Waals surface area contributed by atoms with Crippen molar-refractivity contribution >= 4 is 46.1 Å². The Balaban J connectivity index is 1.60. The highest BCUT2D eigenvalue weighted by atomic mass is 35.5. The molecule has 1 aromatic carbocycles. The van der Waals surface area contributed by atoms with Gasteiger partial charge < -0.3 is 14.2 Å². The first kappa shape index (κ1) is 20.1. The van der Waals surface area contributed by atoms with Gasteiger partial charge in [-0.05, 0) is 37.1 Å². The molecule has 0 saturated carbocycles. The first-order chi connectivity index (χ1) is 15.9. The number of ether oxygens (including phenoxy) is 1. The number of hydrogen-bond acceptors (Lipinski definition) is 8. The quantitative estimate of drug-likeness (QED) is 0.520. The van der Waals surface area contributed by atoms with E-state index in [2.05, 4.69) is 20.8 Å². The van der Waals surface area contributed by atoms with E-state index in [-0.39, 0.29) is 6.42 Å². The number of hydrogen-bond donors (Lipinski definition) is 2. The number of benzene rings is 1. The Morgan fingerprint density at radius 3 is 2.64 bits per heavy atom. The van der Waals surface area contributed by atoms with E-state index in [0.717, 1.165) is 5.56 Å². The first-order valence-corrected chi connectivity index (χ1v) is 10.9. The molecule has 2 fully saturated rings. The van der Waals surface area contributed by atoms with E-state index < -0.39 is 35.4 Å². The van der Waals surface area contributed by atoms with Gasteiger partial charge in [0.2, 0.25) is 11.8 Å². The molecule has 0 radical (unpaired) electrons. The molecule has 3 aromatic rings. The van der Waals surface area contributed by atoms with Crippen LogP contribution in [0.25, 0.3) is 22.2 Å². The molecular formula is C22H18ClN5O5. The fourth-order valence-electron chi connectivity index (χ4n) is 5.38. The van der Waals surface area contributed by atoms with E-state index >= 15 is 0 Å². The van der Waals surface area contributed by atoms with Gasteiger partial charge in [-0.3, -0.25) is 25.2 Å². The summed E-state index contributed by atoms with van der Waals surface area (Å²) in [5.74, 6) is -1.30. The van der Waals surface area contributed by atoms with Gasteiger partial charge in [-0.1, -0.05) is 16.8 Å². The maximum atomic E-state index is 13.2. The molecule has 10 nitrogen and oxygen atoms in total. The summed E-state index contributed by atoms with van der Waals surface area (Å²) >= 11 is 6.87. The van der Waals surface area contributed by atoms with Gasteiger partial charge >= 0.3 is 6.03 Å². The number of aromatic nitrogens is 2. The smallest absolute Gasteiger partial charge is 0.328 e. The average Bonchev–Trinajstić information content (AvgIpc) is 3.22. The number of halogens is 1. The number of anilines is 1. The molecular weight excluding hydrogens is 450 g/mol. The molecule has 2 atom stereocenters. The molecule has 2 saturated heterocycles. The van der Waals surface area contributed by atoms with Crippen LogP contribution in [-0.4, -0.2) is 53.3 Å². The second-order valence-corrected chi connectivity index (χ2v) is 8.82. The molecule has 1 spiro atoms. The van der Waals surface area contributed by atoms with E-state index in [1.165, 1.54) is 0 Å². The summed E-state index contributed by atoms with van der Waals surface area (Å²) in [7, 11) is 0. The largest absolute Gasteiger partial charge is 0.374 e. The minimum absolute atomic E-state index is 0.0404. The van der Waals surface area contributed by atoms with Crippen molar-refractivity contribution in [2.24, 2.45) is 5.41 Å². The summed E-state index contributed by atoms with van der Waals surface area (Å²) in [4.78, 5) is 44.3. The molecule has 6 rings (SSSR count). The lowest BCUT2D eigenvalue weighted by Crippen LogP contribution is -2.74. The van der Waals surface area contributed by atoms with Crippen LogP contribution < -0.4 is 15.5 Å². The maximum absolute atomic E-state index is 13.2. The van der Waals surface area contributed by atoms with Gasteiger partial charge in [0.25, 0.3) is 0 Å². The molecule has 3 aliphatic heterocycles. The standard InChI is InChI=1S/C22H18ClN5O5/c1-10-18-22(19(29)25-21(31)26-20(22)30)9-12-8-13-15(11-2-4-24-5-3-11)27-33-17(13)14(23)16(12)28(18)6-7-32-10/h2-5,8,10,18H,6-7,9H2,1H3,(H2,25,26,29,30,31)/t10-,18+/m0/s1. The highest BCUT2D eigenvalue weighted by Crippen LogP contribution is 2.51. The lowest BCUT2D eigenvalue weighted by Gasteiger charge is -2.54. The van der Waals surface area contributed by atoms with Crippen LogP contribution in [0, 0.1) is 5.41 Å². The number of carbonyl (C=O) groups excluding carboxylic acids is 3. The summed E-state index contributed by atoms with van der Waals surface area (Å²) in [6.45, 7) is 2.61. The molecule has 168 valence electrons. The van der Waals surface area contributed by atoms with Crippen molar-refractivity contribution < 1.29 is 23.6 Å². The third-order valence-corrected chi connectivity index (χ3v) is 7.08. The van der Waals surface area contributed by atoms with Gasteiger partial charge in [0, 0.05) is 24.5 Å². The van der Waals surface area contributed by atoms with Gasteiger partial charge in [0.15, 0.2) is 11.0 Å². The van der Waals surface area contributed by atoms with Crippen LogP contribution in [-0.2, 0) is 20.7 Å². The fraction of sp³-hybridized carbons (Fsp3) is 0.318. The van der Waals surface area contributed by atoms with Crippen LogP contribution in [0.1, 0.15) is 12.5 Å². The van der Waals surface area contributed by atoms with E-state index in [9.17, 15) is 14.4 Å². The predicted molar refractivity (Wildman–Crippen MR) is 117 cm³/mol.